The van der Waals surface area contributed by atoms with Crippen molar-refractivity contribution in [1.82, 2.24) is 14.7 Å². The molecule has 5 heteroatoms. The summed E-state index contributed by atoms with van der Waals surface area (Å²) in [7, 11) is 0. The molecule has 0 unspecified atom stereocenters. The van der Waals surface area contributed by atoms with Gasteiger partial charge in [0.25, 0.3) is 0 Å². The normalized spacial score (nSPS) is 17.1. The molecule has 18 heavy (non-hydrogen) atoms. The van der Waals surface area contributed by atoms with Gasteiger partial charge in [0.05, 0.1) is 0 Å². The number of aromatic nitrogens is 2. The molecule has 0 N–H and O–H groups in total. The quantitative estimate of drug-likeness (QED) is 0.789. The summed E-state index contributed by atoms with van der Waals surface area (Å²) in [5, 5.41) is 4.22. The lowest BCUT2D eigenvalue weighted by molar-refractivity contribution is -0.137. The number of carbonyl (C=O) groups is 1. The van der Waals surface area contributed by atoms with Gasteiger partial charge in [-0.15, -0.1) is 0 Å². The fraction of sp³-hybridized carbons (Fsp3) is 0.692. The SMILES string of the molecule is CCOCC(=O)N1CCC(Cn2cccn2)CC1. The second-order valence-corrected chi connectivity index (χ2v) is 4.69. The highest BCUT2D eigenvalue weighted by Crippen LogP contribution is 2.18. The summed E-state index contributed by atoms with van der Waals surface area (Å²) in [5.41, 5.74) is 0. The zero-order valence-corrected chi connectivity index (χ0v) is 10.9. The average molecular weight is 251 g/mol. The van der Waals surface area contributed by atoms with E-state index in [4.69, 9.17) is 4.74 Å². The first-order chi connectivity index (χ1) is 8.79. The summed E-state index contributed by atoms with van der Waals surface area (Å²) in [5.74, 6) is 0.746. The average Bonchev–Trinajstić information content (AvgIpc) is 2.89. The second-order valence-electron chi connectivity index (χ2n) is 4.69. The first-order valence-electron chi connectivity index (χ1n) is 6.62. The minimum Gasteiger partial charge on any atom is -0.372 e. The van der Waals surface area contributed by atoms with Crippen LogP contribution in [0.3, 0.4) is 0 Å². The molecule has 1 aromatic rings. The van der Waals surface area contributed by atoms with Crippen LogP contribution < -0.4 is 0 Å². The Hall–Kier alpha value is -1.36. The van der Waals surface area contributed by atoms with E-state index in [9.17, 15) is 4.79 Å². The molecule has 1 aliphatic heterocycles. The molecule has 1 saturated heterocycles. The number of rotatable bonds is 5. The third-order valence-electron chi connectivity index (χ3n) is 3.40. The van der Waals surface area contributed by atoms with Crippen molar-refractivity contribution in [2.24, 2.45) is 5.92 Å². The highest BCUT2D eigenvalue weighted by Gasteiger charge is 2.22. The third-order valence-corrected chi connectivity index (χ3v) is 3.40. The number of amides is 1. The van der Waals surface area contributed by atoms with Crippen LogP contribution in [0.4, 0.5) is 0 Å². The number of ether oxygens (including phenoxy) is 1. The molecule has 1 aromatic heterocycles. The summed E-state index contributed by atoms with van der Waals surface area (Å²) >= 11 is 0. The minimum atomic E-state index is 0.120. The molecule has 2 rings (SSSR count). The molecule has 0 aromatic carbocycles. The van der Waals surface area contributed by atoms with Crippen molar-refractivity contribution in [1.29, 1.82) is 0 Å². The Balaban J connectivity index is 1.72. The molecule has 5 nitrogen and oxygen atoms in total. The van der Waals surface area contributed by atoms with Gasteiger partial charge in [0.15, 0.2) is 0 Å². The molecule has 1 amide bonds. The van der Waals surface area contributed by atoms with Crippen LogP contribution in [-0.4, -0.2) is 46.9 Å². The van der Waals surface area contributed by atoms with Crippen molar-refractivity contribution in [3.05, 3.63) is 18.5 Å². The highest BCUT2D eigenvalue weighted by atomic mass is 16.5. The van der Waals surface area contributed by atoms with Gasteiger partial charge >= 0.3 is 0 Å². The Morgan fingerprint density at radius 1 is 1.44 bits per heavy atom. The lowest BCUT2D eigenvalue weighted by atomic mass is 9.97. The van der Waals surface area contributed by atoms with E-state index < -0.39 is 0 Å². The van der Waals surface area contributed by atoms with E-state index in [1.165, 1.54) is 0 Å². The van der Waals surface area contributed by atoms with Gasteiger partial charge in [-0.05, 0) is 31.7 Å². The Morgan fingerprint density at radius 3 is 2.83 bits per heavy atom. The molecule has 100 valence electrons. The van der Waals surface area contributed by atoms with E-state index in [2.05, 4.69) is 5.10 Å². The van der Waals surface area contributed by atoms with Crippen LogP contribution in [-0.2, 0) is 16.1 Å². The van der Waals surface area contributed by atoms with Gasteiger partial charge in [0.1, 0.15) is 6.61 Å². The maximum Gasteiger partial charge on any atom is 0.248 e. The molecule has 0 bridgehead atoms. The van der Waals surface area contributed by atoms with Crippen molar-refractivity contribution in [3.63, 3.8) is 0 Å². The standard InChI is InChI=1S/C13H21N3O2/c1-2-18-11-13(17)15-8-4-12(5-9-15)10-16-7-3-6-14-16/h3,6-7,12H,2,4-5,8-11H2,1H3. The number of nitrogens with zero attached hydrogens (tertiary/aromatic N) is 3. The van der Waals surface area contributed by atoms with Crippen LogP contribution in [0.25, 0.3) is 0 Å². The molecule has 0 atom stereocenters. The fourth-order valence-electron chi connectivity index (χ4n) is 2.32. The zero-order valence-electron chi connectivity index (χ0n) is 10.9. The minimum absolute atomic E-state index is 0.120. The number of hydrogen-bond donors (Lipinski definition) is 0. The second kappa shape index (κ2) is 6.54. The van der Waals surface area contributed by atoms with Crippen LogP contribution in [0.2, 0.25) is 0 Å². The van der Waals surface area contributed by atoms with Gasteiger partial charge < -0.3 is 9.64 Å². The predicted octanol–water partition coefficient (Wildman–Crippen LogP) is 1.16. The first kappa shape index (κ1) is 13.1. The molecule has 0 spiro atoms. The summed E-state index contributed by atoms with van der Waals surface area (Å²) in [6.07, 6.45) is 5.91. The Bertz CT molecular complexity index is 356. The van der Waals surface area contributed by atoms with E-state index >= 15 is 0 Å². The Morgan fingerprint density at radius 2 is 2.22 bits per heavy atom. The van der Waals surface area contributed by atoms with E-state index in [-0.39, 0.29) is 12.5 Å². The molecule has 0 saturated carbocycles. The van der Waals surface area contributed by atoms with Crippen LogP contribution in [0.5, 0.6) is 0 Å². The van der Waals surface area contributed by atoms with Crippen molar-refractivity contribution >= 4 is 5.91 Å². The van der Waals surface area contributed by atoms with E-state index in [1.54, 1.807) is 6.20 Å². The first-order valence-corrected chi connectivity index (χ1v) is 6.62. The maximum absolute atomic E-state index is 11.8. The van der Waals surface area contributed by atoms with Crippen molar-refractivity contribution < 1.29 is 9.53 Å². The molecule has 0 radical (unpaired) electrons. The lowest BCUT2D eigenvalue weighted by Crippen LogP contribution is -2.41. The Kier molecular flexibility index (Phi) is 4.75. The fourth-order valence-corrected chi connectivity index (χ4v) is 2.32. The van der Waals surface area contributed by atoms with Gasteiger partial charge in [0, 0.05) is 38.6 Å². The lowest BCUT2D eigenvalue weighted by Gasteiger charge is -2.31. The van der Waals surface area contributed by atoms with Crippen LogP contribution in [0.15, 0.2) is 18.5 Å². The summed E-state index contributed by atoms with van der Waals surface area (Å²) in [6, 6.07) is 1.95. The summed E-state index contributed by atoms with van der Waals surface area (Å²) < 4.78 is 7.13. The zero-order chi connectivity index (χ0) is 12.8. The van der Waals surface area contributed by atoms with E-state index in [1.807, 2.05) is 28.8 Å². The van der Waals surface area contributed by atoms with Gasteiger partial charge in [0.2, 0.25) is 5.91 Å². The van der Waals surface area contributed by atoms with Crippen LogP contribution in [0, 0.1) is 5.92 Å². The van der Waals surface area contributed by atoms with Crippen LogP contribution >= 0.6 is 0 Å². The summed E-state index contributed by atoms with van der Waals surface area (Å²) in [4.78, 5) is 13.7. The molecular weight excluding hydrogens is 230 g/mol. The van der Waals surface area contributed by atoms with Crippen molar-refractivity contribution in [2.75, 3.05) is 26.3 Å². The highest BCUT2D eigenvalue weighted by molar-refractivity contribution is 5.77. The topological polar surface area (TPSA) is 47.4 Å². The van der Waals surface area contributed by atoms with Gasteiger partial charge in [-0.3, -0.25) is 9.48 Å². The van der Waals surface area contributed by atoms with Gasteiger partial charge in [-0.25, -0.2) is 0 Å². The number of carbonyl (C=O) groups excluding carboxylic acids is 1. The van der Waals surface area contributed by atoms with E-state index in [0.29, 0.717) is 12.5 Å². The Labute approximate surface area is 108 Å². The summed E-state index contributed by atoms with van der Waals surface area (Å²) in [6.45, 7) is 5.38. The molecule has 2 heterocycles. The molecule has 1 fully saturated rings. The predicted molar refractivity (Wildman–Crippen MR) is 68.0 cm³/mol. The third kappa shape index (κ3) is 3.57. The number of hydrogen-bond acceptors (Lipinski definition) is 3. The van der Waals surface area contributed by atoms with Gasteiger partial charge in [-0.1, -0.05) is 0 Å². The van der Waals surface area contributed by atoms with E-state index in [0.717, 1.165) is 32.5 Å². The maximum atomic E-state index is 11.8. The molecular formula is C13H21N3O2. The van der Waals surface area contributed by atoms with Crippen molar-refractivity contribution in [3.8, 4) is 0 Å². The monoisotopic (exact) mass is 251 g/mol. The molecule has 1 aliphatic rings. The molecule has 0 aliphatic carbocycles. The van der Waals surface area contributed by atoms with Crippen LogP contribution in [0.1, 0.15) is 19.8 Å². The van der Waals surface area contributed by atoms with Crippen molar-refractivity contribution in [2.45, 2.75) is 26.3 Å². The smallest absolute Gasteiger partial charge is 0.248 e. The number of likely N-dealkylation sites (tertiary alicyclic amines) is 1. The van der Waals surface area contributed by atoms with Gasteiger partial charge in [-0.2, -0.15) is 5.10 Å². The number of piperidine rings is 1. The largest absolute Gasteiger partial charge is 0.372 e.